The first-order valence-corrected chi connectivity index (χ1v) is 7.86. The molecule has 1 aliphatic rings. The van der Waals surface area contributed by atoms with E-state index in [9.17, 15) is 9.18 Å². The van der Waals surface area contributed by atoms with Gasteiger partial charge in [0.15, 0.2) is 11.0 Å². The molecule has 8 heteroatoms. The van der Waals surface area contributed by atoms with Crippen molar-refractivity contribution in [2.45, 2.75) is 18.7 Å². The molecule has 1 aromatic carbocycles. The molecule has 0 bridgehead atoms. The first-order chi connectivity index (χ1) is 10.7. The maximum atomic E-state index is 13.4. The number of carbonyl (C=O) groups excluding carboxylic acids is 1. The molecule has 6 nitrogen and oxygen atoms in total. The highest BCUT2D eigenvalue weighted by atomic mass is 32.2. The predicted molar refractivity (Wildman–Crippen MR) is 79.5 cm³/mol. The van der Waals surface area contributed by atoms with Crippen molar-refractivity contribution in [3.05, 3.63) is 30.1 Å². The van der Waals surface area contributed by atoms with Crippen LogP contribution >= 0.6 is 11.8 Å². The molecule has 3 rings (SSSR count). The van der Waals surface area contributed by atoms with Gasteiger partial charge in [0.1, 0.15) is 5.82 Å². The summed E-state index contributed by atoms with van der Waals surface area (Å²) < 4.78 is 20.2. The normalized spacial score (nSPS) is 14.6. The van der Waals surface area contributed by atoms with Crippen LogP contribution in [-0.2, 0) is 16.2 Å². The molecule has 0 spiro atoms. The average molecular weight is 322 g/mol. The van der Waals surface area contributed by atoms with E-state index in [1.54, 1.807) is 19.1 Å². The average Bonchev–Trinajstić information content (AvgIpc) is 2.90. The lowest BCUT2D eigenvalue weighted by Gasteiger charge is -2.26. The number of nitrogens with zero attached hydrogens (tertiary/aromatic N) is 4. The van der Waals surface area contributed by atoms with E-state index in [4.69, 9.17) is 4.74 Å². The van der Waals surface area contributed by atoms with Crippen LogP contribution in [0.1, 0.15) is 6.92 Å². The Balaban J connectivity index is 1.81. The Morgan fingerprint density at radius 3 is 3.09 bits per heavy atom. The number of fused-ring (bicyclic) bond motifs is 1. The monoisotopic (exact) mass is 322 g/mol. The number of rotatable bonds is 4. The fourth-order valence-corrected chi connectivity index (χ4v) is 3.11. The number of benzene rings is 1. The summed E-state index contributed by atoms with van der Waals surface area (Å²) in [7, 11) is 0. The maximum Gasteiger partial charge on any atom is 0.320 e. The van der Waals surface area contributed by atoms with Crippen molar-refractivity contribution in [1.29, 1.82) is 0 Å². The van der Waals surface area contributed by atoms with Gasteiger partial charge in [0.05, 0.1) is 25.7 Å². The molecule has 1 aromatic heterocycles. The Kier molecular flexibility index (Phi) is 4.39. The number of carbonyl (C=O) groups is 1. The summed E-state index contributed by atoms with van der Waals surface area (Å²) in [5.74, 6) is 0.657. The zero-order valence-electron chi connectivity index (χ0n) is 12.0. The summed E-state index contributed by atoms with van der Waals surface area (Å²) in [6, 6.07) is 6.24. The summed E-state index contributed by atoms with van der Waals surface area (Å²) >= 11 is 1.49. The maximum absolute atomic E-state index is 13.4. The van der Waals surface area contributed by atoms with E-state index >= 15 is 0 Å². The van der Waals surface area contributed by atoms with Crippen molar-refractivity contribution in [3.8, 4) is 11.4 Å². The lowest BCUT2D eigenvalue weighted by Crippen LogP contribution is -2.35. The molecule has 1 aliphatic heterocycles. The summed E-state index contributed by atoms with van der Waals surface area (Å²) in [6.07, 6.45) is 0. The Morgan fingerprint density at radius 2 is 2.32 bits per heavy atom. The first-order valence-electron chi connectivity index (χ1n) is 6.87. The predicted octanol–water partition coefficient (Wildman–Crippen LogP) is 1.97. The molecule has 0 N–H and O–H groups in total. The highest BCUT2D eigenvalue weighted by Crippen LogP contribution is 2.28. The lowest BCUT2D eigenvalue weighted by molar-refractivity contribution is -0.144. The molecule has 0 aliphatic carbocycles. The molecule has 0 saturated carbocycles. The van der Waals surface area contributed by atoms with E-state index in [0.29, 0.717) is 30.5 Å². The quantitative estimate of drug-likeness (QED) is 0.802. The summed E-state index contributed by atoms with van der Waals surface area (Å²) in [6.45, 7) is 2.83. The van der Waals surface area contributed by atoms with Gasteiger partial charge in [-0.3, -0.25) is 14.3 Å². The molecular formula is C14H15FN4O2S. The fraction of sp³-hybridized carbons (Fsp3) is 0.357. The third-order valence-corrected chi connectivity index (χ3v) is 4.23. The van der Waals surface area contributed by atoms with Crippen molar-refractivity contribution in [1.82, 2.24) is 19.7 Å². The van der Waals surface area contributed by atoms with E-state index < -0.39 is 0 Å². The molecule has 0 amide bonds. The molecule has 2 heterocycles. The number of esters is 1. The fourth-order valence-electron chi connectivity index (χ4n) is 2.24. The SMILES string of the molecule is CCOC(=O)CN1CSc2nnc(-c3cccc(F)c3)n2C1. The minimum Gasteiger partial charge on any atom is -0.465 e. The highest BCUT2D eigenvalue weighted by molar-refractivity contribution is 7.99. The standard InChI is InChI=1S/C14H15FN4O2S/c1-2-21-12(20)7-18-8-19-13(16-17-14(19)22-9-18)10-4-3-5-11(15)6-10/h3-6H,2,7-9H2,1H3. The van der Waals surface area contributed by atoms with Gasteiger partial charge >= 0.3 is 5.97 Å². The van der Waals surface area contributed by atoms with Gasteiger partial charge in [-0.25, -0.2) is 4.39 Å². The molecule has 0 unspecified atom stereocenters. The van der Waals surface area contributed by atoms with Gasteiger partial charge in [-0.1, -0.05) is 23.9 Å². The number of aromatic nitrogens is 3. The Morgan fingerprint density at radius 1 is 1.45 bits per heavy atom. The van der Waals surface area contributed by atoms with Crippen LogP contribution in [0.3, 0.4) is 0 Å². The van der Waals surface area contributed by atoms with Crippen LogP contribution in [0.5, 0.6) is 0 Å². The third kappa shape index (κ3) is 3.12. The molecule has 2 aromatic rings. The second kappa shape index (κ2) is 6.45. The smallest absolute Gasteiger partial charge is 0.320 e. The number of hydrogen-bond donors (Lipinski definition) is 0. The van der Waals surface area contributed by atoms with Gasteiger partial charge in [0.2, 0.25) is 0 Å². The van der Waals surface area contributed by atoms with E-state index in [2.05, 4.69) is 10.2 Å². The first kappa shape index (κ1) is 15.0. The van der Waals surface area contributed by atoms with Gasteiger partial charge in [-0.05, 0) is 19.1 Å². The van der Waals surface area contributed by atoms with E-state index in [-0.39, 0.29) is 18.3 Å². The number of thioether (sulfide) groups is 1. The molecule has 116 valence electrons. The molecule has 0 radical (unpaired) electrons. The molecule has 22 heavy (non-hydrogen) atoms. The Labute approximate surface area is 131 Å². The third-order valence-electron chi connectivity index (χ3n) is 3.18. The van der Waals surface area contributed by atoms with Crippen LogP contribution in [0, 0.1) is 5.82 Å². The largest absolute Gasteiger partial charge is 0.465 e. The van der Waals surface area contributed by atoms with Gasteiger partial charge in [0.25, 0.3) is 0 Å². The van der Waals surface area contributed by atoms with Gasteiger partial charge in [-0.2, -0.15) is 0 Å². The van der Waals surface area contributed by atoms with Crippen molar-refractivity contribution < 1.29 is 13.9 Å². The van der Waals surface area contributed by atoms with Gasteiger partial charge in [-0.15, -0.1) is 10.2 Å². The van der Waals surface area contributed by atoms with Crippen molar-refractivity contribution in [2.24, 2.45) is 0 Å². The molecule has 0 saturated heterocycles. The van der Waals surface area contributed by atoms with E-state index in [1.165, 1.54) is 23.9 Å². The van der Waals surface area contributed by atoms with Crippen LogP contribution in [0.25, 0.3) is 11.4 Å². The summed E-state index contributed by atoms with van der Waals surface area (Å²) in [5, 5.41) is 9.03. The van der Waals surface area contributed by atoms with Crippen molar-refractivity contribution in [3.63, 3.8) is 0 Å². The minimum absolute atomic E-state index is 0.209. The Hall–Kier alpha value is -1.93. The molecule has 0 fully saturated rings. The Bertz CT molecular complexity index is 691. The topological polar surface area (TPSA) is 60.2 Å². The zero-order chi connectivity index (χ0) is 15.5. The van der Waals surface area contributed by atoms with Gasteiger partial charge in [0, 0.05) is 5.56 Å². The molecule has 0 atom stereocenters. The summed E-state index contributed by atoms with van der Waals surface area (Å²) in [5.41, 5.74) is 0.664. The van der Waals surface area contributed by atoms with Crippen LogP contribution < -0.4 is 0 Å². The minimum atomic E-state index is -0.318. The molecular weight excluding hydrogens is 307 g/mol. The van der Waals surface area contributed by atoms with E-state index in [1.807, 2.05) is 9.47 Å². The van der Waals surface area contributed by atoms with Crippen LogP contribution in [0.4, 0.5) is 4.39 Å². The zero-order valence-corrected chi connectivity index (χ0v) is 12.8. The van der Waals surface area contributed by atoms with E-state index in [0.717, 1.165) is 5.16 Å². The van der Waals surface area contributed by atoms with Gasteiger partial charge < -0.3 is 4.74 Å². The van der Waals surface area contributed by atoms with Crippen LogP contribution in [0.15, 0.2) is 29.4 Å². The second-order valence-electron chi connectivity index (χ2n) is 4.79. The number of halogens is 1. The number of hydrogen-bond acceptors (Lipinski definition) is 6. The van der Waals surface area contributed by atoms with Crippen LogP contribution in [-0.4, -0.2) is 44.7 Å². The lowest BCUT2D eigenvalue weighted by atomic mass is 10.2. The van der Waals surface area contributed by atoms with Crippen LogP contribution in [0.2, 0.25) is 0 Å². The summed E-state index contributed by atoms with van der Waals surface area (Å²) in [4.78, 5) is 13.5. The highest BCUT2D eigenvalue weighted by Gasteiger charge is 2.24. The second-order valence-corrected chi connectivity index (χ2v) is 5.71. The number of ether oxygens (including phenoxy) is 1. The van der Waals surface area contributed by atoms with Crippen molar-refractivity contribution in [2.75, 3.05) is 19.0 Å². The van der Waals surface area contributed by atoms with Crippen molar-refractivity contribution >= 4 is 17.7 Å².